The SMILES string of the molecule is O=S(=O)(Nc1ccc(C2OC(CN3CCCCCCC3)CC(c3ccc(CO)cc3)O2)cc1)c1ccccc1. The second-order valence-corrected chi connectivity index (χ2v) is 12.1. The van der Waals surface area contributed by atoms with Crippen molar-refractivity contribution in [1.82, 2.24) is 4.90 Å². The minimum atomic E-state index is -3.67. The number of ether oxygens (including phenoxy) is 2. The molecule has 0 amide bonds. The molecule has 2 heterocycles. The summed E-state index contributed by atoms with van der Waals surface area (Å²) in [5.41, 5.74) is 3.25. The lowest BCUT2D eigenvalue weighted by Crippen LogP contribution is -2.40. The van der Waals surface area contributed by atoms with Gasteiger partial charge in [0.15, 0.2) is 6.29 Å². The third kappa shape index (κ3) is 7.47. The lowest BCUT2D eigenvalue weighted by molar-refractivity contribution is -0.253. The molecular formula is C31H38N2O5S. The molecular weight excluding hydrogens is 512 g/mol. The third-order valence-electron chi connectivity index (χ3n) is 7.51. The lowest BCUT2D eigenvalue weighted by atomic mass is 9.99. The molecule has 2 aliphatic heterocycles. The summed E-state index contributed by atoms with van der Waals surface area (Å²) in [7, 11) is -3.67. The summed E-state index contributed by atoms with van der Waals surface area (Å²) >= 11 is 0. The first-order valence-corrected chi connectivity index (χ1v) is 15.4. The molecule has 0 aliphatic carbocycles. The number of nitrogens with zero attached hydrogens (tertiary/aromatic N) is 1. The normalized spacial score (nSPS) is 23.1. The fraction of sp³-hybridized carbons (Fsp3) is 0.419. The van der Waals surface area contributed by atoms with Crippen LogP contribution in [-0.4, -0.2) is 44.2 Å². The Morgan fingerprint density at radius 2 is 1.44 bits per heavy atom. The molecule has 0 saturated carbocycles. The van der Waals surface area contributed by atoms with Crippen LogP contribution in [0.5, 0.6) is 0 Å². The molecule has 3 atom stereocenters. The summed E-state index contributed by atoms with van der Waals surface area (Å²) < 4.78 is 41.1. The Labute approximate surface area is 231 Å². The molecule has 2 aliphatic rings. The Bertz CT molecular complexity index is 1270. The fourth-order valence-electron chi connectivity index (χ4n) is 5.34. The van der Waals surface area contributed by atoms with E-state index in [-0.39, 0.29) is 23.7 Å². The molecule has 8 heteroatoms. The van der Waals surface area contributed by atoms with E-state index in [9.17, 15) is 13.5 Å². The summed E-state index contributed by atoms with van der Waals surface area (Å²) in [4.78, 5) is 2.75. The summed E-state index contributed by atoms with van der Waals surface area (Å²) in [5, 5.41) is 9.46. The first-order chi connectivity index (χ1) is 19.0. The number of benzene rings is 3. The van der Waals surface area contributed by atoms with Crippen LogP contribution in [0, 0.1) is 0 Å². The average molecular weight is 551 g/mol. The Morgan fingerprint density at radius 3 is 2.10 bits per heavy atom. The molecule has 0 aromatic heterocycles. The average Bonchev–Trinajstić information content (AvgIpc) is 2.95. The predicted octanol–water partition coefficient (Wildman–Crippen LogP) is 5.79. The van der Waals surface area contributed by atoms with Crippen molar-refractivity contribution in [3.63, 3.8) is 0 Å². The van der Waals surface area contributed by atoms with Gasteiger partial charge >= 0.3 is 0 Å². The maximum atomic E-state index is 12.7. The van der Waals surface area contributed by atoms with Crippen molar-refractivity contribution in [2.24, 2.45) is 0 Å². The van der Waals surface area contributed by atoms with Gasteiger partial charge in [-0.3, -0.25) is 4.72 Å². The van der Waals surface area contributed by atoms with Gasteiger partial charge in [0.25, 0.3) is 10.0 Å². The summed E-state index contributed by atoms with van der Waals surface area (Å²) in [6.07, 6.45) is 6.38. The first kappa shape index (κ1) is 27.8. The Kier molecular flexibility index (Phi) is 9.32. The zero-order chi connectivity index (χ0) is 27.1. The van der Waals surface area contributed by atoms with E-state index in [1.54, 1.807) is 42.5 Å². The number of sulfonamides is 1. The van der Waals surface area contributed by atoms with Crippen molar-refractivity contribution in [2.75, 3.05) is 24.4 Å². The number of aliphatic hydroxyl groups excluding tert-OH is 1. The lowest BCUT2D eigenvalue weighted by Gasteiger charge is -2.38. The van der Waals surface area contributed by atoms with Gasteiger partial charge in [0.2, 0.25) is 0 Å². The highest BCUT2D eigenvalue weighted by atomic mass is 32.2. The molecule has 0 bridgehead atoms. The van der Waals surface area contributed by atoms with Crippen LogP contribution < -0.4 is 4.72 Å². The molecule has 3 unspecified atom stereocenters. The van der Waals surface area contributed by atoms with Gasteiger partial charge in [0, 0.05) is 24.2 Å². The third-order valence-corrected chi connectivity index (χ3v) is 8.91. The maximum Gasteiger partial charge on any atom is 0.261 e. The summed E-state index contributed by atoms with van der Waals surface area (Å²) in [6, 6.07) is 23.4. The highest BCUT2D eigenvalue weighted by molar-refractivity contribution is 7.92. The van der Waals surface area contributed by atoms with E-state index in [0.717, 1.165) is 42.7 Å². The van der Waals surface area contributed by atoms with Crippen LogP contribution in [-0.2, 0) is 26.1 Å². The van der Waals surface area contributed by atoms with Crippen LogP contribution in [0.3, 0.4) is 0 Å². The molecule has 0 spiro atoms. The molecule has 3 aromatic rings. The van der Waals surface area contributed by atoms with E-state index in [0.29, 0.717) is 5.69 Å². The highest BCUT2D eigenvalue weighted by Gasteiger charge is 2.33. The van der Waals surface area contributed by atoms with Crippen LogP contribution in [0.25, 0.3) is 0 Å². The molecule has 0 radical (unpaired) electrons. The van der Waals surface area contributed by atoms with Crippen molar-refractivity contribution in [3.05, 3.63) is 95.6 Å². The molecule has 2 fully saturated rings. The van der Waals surface area contributed by atoms with E-state index >= 15 is 0 Å². The first-order valence-electron chi connectivity index (χ1n) is 13.9. The largest absolute Gasteiger partial charge is 0.392 e. The maximum absolute atomic E-state index is 12.7. The second-order valence-electron chi connectivity index (χ2n) is 10.5. The number of anilines is 1. The standard InChI is InChI=1S/C31H38N2O5S/c34-23-24-11-13-25(14-12-24)30-21-28(22-33-19-7-2-1-3-8-20-33)37-31(38-30)26-15-17-27(18-16-26)32-39(35,36)29-9-5-4-6-10-29/h4-6,9-18,28,30-32,34H,1-3,7-8,19-23H2. The van der Waals surface area contributed by atoms with Crippen LogP contribution >= 0.6 is 0 Å². The van der Waals surface area contributed by atoms with Crippen molar-refractivity contribution < 1.29 is 23.0 Å². The number of nitrogens with one attached hydrogen (secondary N) is 1. The zero-order valence-corrected chi connectivity index (χ0v) is 23.1. The van der Waals surface area contributed by atoms with Gasteiger partial charge in [0.1, 0.15) is 0 Å². The number of likely N-dealkylation sites (tertiary alicyclic amines) is 1. The van der Waals surface area contributed by atoms with Gasteiger partial charge < -0.3 is 19.5 Å². The second kappa shape index (κ2) is 13.1. The van der Waals surface area contributed by atoms with Crippen molar-refractivity contribution >= 4 is 15.7 Å². The van der Waals surface area contributed by atoms with Crippen molar-refractivity contribution in [1.29, 1.82) is 0 Å². The van der Waals surface area contributed by atoms with Gasteiger partial charge in [-0.05, 0) is 61.3 Å². The van der Waals surface area contributed by atoms with Crippen molar-refractivity contribution in [2.45, 2.75) is 68.5 Å². The molecule has 2 N–H and O–H groups in total. The van der Waals surface area contributed by atoms with Crippen LogP contribution in [0.1, 0.15) is 67.6 Å². The zero-order valence-electron chi connectivity index (χ0n) is 22.2. The molecule has 3 aromatic carbocycles. The van der Waals surface area contributed by atoms with Crippen molar-refractivity contribution in [3.8, 4) is 0 Å². The summed E-state index contributed by atoms with van der Waals surface area (Å²) in [6.45, 7) is 3.06. The number of hydrogen-bond donors (Lipinski definition) is 2. The molecule has 7 nitrogen and oxygen atoms in total. The molecule has 2 saturated heterocycles. The van der Waals surface area contributed by atoms with Gasteiger partial charge in [0.05, 0.1) is 23.7 Å². The van der Waals surface area contributed by atoms with Gasteiger partial charge in [-0.2, -0.15) is 0 Å². The molecule has 39 heavy (non-hydrogen) atoms. The van der Waals surface area contributed by atoms with E-state index < -0.39 is 16.3 Å². The van der Waals surface area contributed by atoms with Crippen LogP contribution in [0.2, 0.25) is 0 Å². The van der Waals surface area contributed by atoms with Crippen LogP contribution in [0.15, 0.2) is 83.8 Å². The van der Waals surface area contributed by atoms with Gasteiger partial charge in [-0.15, -0.1) is 0 Å². The van der Waals surface area contributed by atoms with E-state index in [4.69, 9.17) is 9.47 Å². The Balaban J connectivity index is 1.32. The monoisotopic (exact) mass is 550 g/mol. The quantitative estimate of drug-likeness (QED) is 0.369. The molecule has 5 rings (SSSR count). The Hall–Kier alpha value is -2.75. The topological polar surface area (TPSA) is 88.1 Å². The predicted molar refractivity (Wildman–Crippen MR) is 152 cm³/mol. The highest BCUT2D eigenvalue weighted by Crippen LogP contribution is 2.38. The fourth-order valence-corrected chi connectivity index (χ4v) is 6.42. The smallest absolute Gasteiger partial charge is 0.261 e. The minimum Gasteiger partial charge on any atom is -0.392 e. The minimum absolute atomic E-state index is 0.00181. The van der Waals surface area contributed by atoms with E-state index in [1.807, 2.05) is 36.4 Å². The van der Waals surface area contributed by atoms with E-state index in [1.165, 1.54) is 32.1 Å². The molecule has 208 valence electrons. The Morgan fingerprint density at radius 1 is 0.795 bits per heavy atom. The summed E-state index contributed by atoms with van der Waals surface area (Å²) in [5.74, 6) is 0. The van der Waals surface area contributed by atoms with Crippen LogP contribution in [0.4, 0.5) is 5.69 Å². The number of aliphatic hydroxyl groups is 1. The van der Waals surface area contributed by atoms with Gasteiger partial charge in [-0.25, -0.2) is 8.42 Å². The number of hydrogen-bond acceptors (Lipinski definition) is 6. The number of rotatable bonds is 8. The van der Waals surface area contributed by atoms with E-state index in [2.05, 4.69) is 9.62 Å². The van der Waals surface area contributed by atoms with Gasteiger partial charge in [-0.1, -0.05) is 73.9 Å².